The van der Waals surface area contributed by atoms with Crippen LogP contribution < -0.4 is 15.0 Å². The number of hydrogen-bond donors (Lipinski definition) is 1. The van der Waals surface area contributed by atoms with Crippen LogP contribution >= 0.6 is 0 Å². The van der Waals surface area contributed by atoms with Crippen LogP contribution in [0.25, 0.3) is 0 Å². The van der Waals surface area contributed by atoms with Gasteiger partial charge in [-0.15, -0.1) is 0 Å². The highest BCUT2D eigenvalue weighted by Gasteiger charge is 2.38. The van der Waals surface area contributed by atoms with Crippen molar-refractivity contribution >= 4 is 23.2 Å². The number of fused-ring (bicyclic) bond motifs is 1. The number of carbonyl (C=O) groups excluding carboxylic acids is 2. The van der Waals surface area contributed by atoms with Gasteiger partial charge in [-0.1, -0.05) is 19.9 Å². The van der Waals surface area contributed by atoms with Crippen molar-refractivity contribution in [3.8, 4) is 5.75 Å². The largest absolute Gasteiger partial charge is 0.490 e. The van der Waals surface area contributed by atoms with Gasteiger partial charge in [0.25, 0.3) is 5.91 Å². The molecule has 148 valence electrons. The van der Waals surface area contributed by atoms with Crippen molar-refractivity contribution in [3.05, 3.63) is 53.8 Å². The second-order valence-corrected chi connectivity index (χ2v) is 8.13. The molecule has 1 heterocycles. The van der Waals surface area contributed by atoms with E-state index in [0.717, 1.165) is 0 Å². The van der Waals surface area contributed by atoms with Crippen LogP contribution in [0.4, 0.5) is 15.8 Å². The number of nitrogens with one attached hydrogen (secondary N) is 1. The third-order valence-electron chi connectivity index (χ3n) is 4.55. The number of amides is 2. The number of nitrogens with zero attached hydrogens (tertiary/aromatic N) is 1. The molecule has 0 fully saturated rings. The lowest BCUT2D eigenvalue weighted by atomic mass is 9.92. The van der Waals surface area contributed by atoms with E-state index >= 15 is 0 Å². The van der Waals surface area contributed by atoms with E-state index in [-0.39, 0.29) is 24.0 Å². The summed E-state index contributed by atoms with van der Waals surface area (Å²) in [6.07, 6.45) is 0. The number of hydrogen-bond acceptors (Lipinski definition) is 3. The molecule has 1 N–H and O–H groups in total. The van der Waals surface area contributed by atoms with Gasteiger partial charge in [0.1, 0.15) is 18.2 Å². The predicted octanol–water partition coefficient (Wildman–Crippen LogP) is 4.49. The Kier molecular flexibility index (Phi) is 5.40. The van der Waals surface area contributed by atoms with Gasteiger partial charge in [0.05, 0.1) is 11.1 Å². The quantitative estimate of drug-likeness (QED) is 0.845. The van der Waals surface area contributed by atoms with Gasteiger partial charge in [0.2, 0.25) is 5.91 Å². The Hall–Kier alpha value is -2.89. The van der Waals surface area contributed by atoms with Crippen LogP contribution in [0.2, 0.25) is 0 Å². The zero-order chi connectivity index (χ0) is 20.5. The molecular weight excluding hydrogens is 359 g/mol. The van der Waals surface area contributed by atoms with Crippen molar-refractivity contribution in [2.45, 2.75) is 27.7 Å². The first kappa shape index (κ1) is 19.9. The van der Waals surface area contributed by atoms with Crippen LogP contribution in [0, 0.1) is 17.2 Å². The van der Waals surface area contributed by atoms with E-state index < -0.39 is 17.1 Å². The summed E-state index contributed by atoms with van der Waals surface area (Å²) in [5.41, 5.74) is 0.709. The maximum absolute atomic E-state index is 13.4. The van der Waals surface area contributed by atoms with Crippen LogP contribution in [-0.4, -0.2) is 25.0 Å². The highest BCUT2D eigenvalue weighted by molar-refractivity contribution is 6.05. The molecule has 2 amide bonds. The normalized spacial score (nSPS) is 15.6. The highest BCUT2D eigenvalue weighted by atomic mass is 19.1. The van der Waals surface area contributed by atoms with Gasteiger partial charge in [0.15, 0.2) is 0 Å². The summed E-state index contributed by atoms with van der Waals surface area (Å²) < 4.78 is 19.3. The van der Waals surface area contributed by atoms with E-state index in [9.17, 15) is 14.0 Å². The molecule has 0 saturated heterocycles. The molecule has 0 atom stereocenters. The van der Waals surface area contributed by atoms with Gasteiger partial charge in [-0.2, -0.15) is 0 Å². The summed E-state index contributed by atoms with van der Waals surface area (Å²) in [5, 5.41) is 2.77. The number of anilines is 2. The van der Waals surface area contributed by atoms with Gasteiger partial charge in [-0.05, 0) is 56.2 Å². The molecule has 0 spiro atoms. The van der Waals surface area contributed by atoms with Crippen LogP contribution in [0.5, 0.6) is 5.75 Å². The molecule has 0 bridgehead atoms. The Morgan fingerprint density at radius 1 is 1.25 bits per heavy atom. The fourth-order valence-electron chi connectivity index (χ4n) is 3.10. The van der Waals surface area contributed by atoms with E-state index in [0.29, 0.717) is 23.7 Å². The number of benzene rings is 2. The monoisotopic (exact) mass is 384 g/mol. The molecule has 5 nitrogen and oxygen atoms in total. The Labute approximate surface area is 164 Å². The first-order valence-electron chi connectivity index (χ1n) is 9.33. The van der Waals surface area contributed by atoms with E-state index in [1.807, 2.05) is 27.7 Å². The fraction of sp³-hybridized carbons (Fsp3) is 0.364. The summed E-state index contributed by atoms with van der Waals surface area (Å²) in [6, 6.07) is 10.7. The summed E-state index contributed by atoms with van der Waals surface area (Å²) in [7, 11) is 0. The second kappa shape index (κ2) is 7.62. The van der Waals surface area contributed by atoms with Crippen molar-refractivity contribution in [2.75, 3.05) is 23.4 Å². The van der Waals surface area contributed by atoms with E-state index in [1.54, 1.807) is 29.2 Å². The molecule has 28 heavy (non-hydrogen) atoms. The summed E-state index contributed by atoms with van der Waals surface area (Å²) in [6.45, 7) is 8.63. The smallest absolute Gasteiger partial charge is 0.255 e. The van der Waals surface area contributed by atoms with Crippen molar-refractivity contribution in [1.29, 1.82) is 0 Å². The van der Waals surface area contributed by atoms with Gasteiger partial charge < -0.3 is 15.0 Å². The van der Waals surface area contributed by atoms with Crippen molar-refractivity contribution in [3.63, 3.8) is 0 Å². The van der Waals surface area contributed by atoms with Gasteiger partial charge in [0, 0.05) is 17.8 Å². The summed E-state index contributed by atoms with van der Waals surface area (Å²) >= 11 is 0. The molecule has 0 unspecified atom stereocenters. The summed E-state index contributed by atoms with van der Waals surface area (Å²) in [4.78, 5) is 27.2. The Morgan fingerprint density at radius 2 is 2.00 bits per heavy atom. The number of halogens is 1. The fourth-order valence-corrected chi connectivity index (χ4v) is 3.10. The minimum atomic E-state index is -0.654. The third-order valence-corrected chi connectivity index (χ3v) is 4.55. The molecule has 1 aliphatic heterocycles. The van der Waals surface area contributed by atoms with Crippen LogP contribution in [-0.2, 0) is 4.79 Å². The number of rotatable bonds is 4. The molecule has 0 aliphatic carbocycles. The van der Waals surface area contributed by atoms with Crippen molar-refractivity contribution in [1.82, 2.24) is 0 Å². The van der Waals surface area contributed by atoms with E-state index in [4.69, 9.17) is 4.74 Å². The van der Waals surface area contributed by atoms with Gasteiger partial charge >= 0.3 is 0 Å². The SMILES string of the molecule is CC(C)CN1C(=O)C(C)(C)COc2ccc(NC(=O)c3cccc(F)c3)cc21. The molecule has 1 aliphatic rings. The Balaban J connectivity index is 1.94. The molecule has 6 heteroatoms. The van der Waals surface area contributed by atoms with Gasteiger partial charge in [-0.3, -0.25) is 9.59 Å². The van der Waals surface area contributed by atoms with E-state index in [1.165, 1.54) is 18.2 Å². The standard InChI is InChI=1S/C22H25FN2O3/c1-14(2)12-25-18-11-17(24-20(26)15-6-5-7-16(23)10-15)8-9-19(18)28-13-22(3,4)21(25)27/h5-11,14H,12-13H2,1-4H3,(H,24,26). The van der Waals surface area contributed by atoms with E-state index in [2.05, 4.69) is 5.32 Å². The number of ether oxygens (including phenoxy) is 1. The lowest BCUT2D eigenvalue weighted by Crippen LogP contribution is -2.43. The predicted molar refractivity (Wildman–Crippen MR) is 107 cm³/mol. The number of carbonyl (C=O) groups is 2. The summed E-state index contributed by atoms with van der Waals surface area (Å²) in [5.74, 6) is -0.0527. The molecule has 2 aromatic carbocycles. The third kappa shape index (κ3) is 4.16. The van der Waals surface area contributed by atoms with Gasteiger partial charge in [-0.25, -0.2) is 4.39 Å². The lowest BCUT2D eigenvalue weighted by molar-refractivity contribution is -0.127. The minimum absolute atomic E-state index is 0.0199. The first-order chi connectivity index (χ1) is 13.2. The maximum atomic E-state index is 13.4. The highest BCUT2D eigenvalue weighted by Crippen LogP contribution is 2.38. The second-order valence-electron chi connectivity index (χ2n) is 8.13. The van der Waals surface area contributed by atoms with Crippen molar-refractivity contribution < 1.29 is 18.7 Å². The molecule has 3 rings (SSSR count). The van der Waals surface area contributed by atoms with Crippen LogP contribution in [0.3, 0.4) is 0 Å². The lowest BCUT2D eigenvalue weighted by Gasteiger charge is -2.29. The molecular formula is C22H25FN2O3. The zero-order valence-electron chi connectivity index (χ0n) is 16.6. The first-order valence-corrected chi connectivity index (χ1v) is 9.33. The average molecular weight is 384 g/mol. The average Bonchev–Trinajstić information content (AvgIpc) is 2.72. The Morgan fingerprint density at radius 3 is 2.68 bits per heavy atom. The molecule has 0 aromatic heterocycles. The van der Waals surface area contributed by atoms with Crippen LogP contribution in [0.1, 0.15) is 38.1 Å². The van der Waals surface area contributed by atoms with Crippen LogP contribution in [0.15, 0.2) is 42.5 Å². The Bertz CT molecular complexity index is 908. The molecule has 0 radical (unpaired) electrons. The zero-order valence-corrected chi connectivity index (χ0v) is 16.6. The molecule has 0 saturated carbocycles. The molecule has 2 aromatic rings. The maximum Gasteiger partial charge on any atom is 0.255 e. The minimum Gasteiger partial charge on any atom is -0.490 e. The topological polar surface area (TPSA) is 58.6 Å². The van der Waals surface area contributed by atoms with Crippen molar-refractivity contribution in [2.24, 2.45) is 11.3 Å².